The number of ether oxygens (including phenoxy) is 1. The lowest BCUT2D eigenvalue weighted by Crippen LogP contribution is -2.09. The molecule has 5 heteroatoms. The Balaban J connectivity index is 1.99. The van der Waals surface area contributed by atoms with Crippen molar-refractivity contribution in [3.8, 4) is 5.75 Å². The SMILES string of the molecule is Nc1ccc(N=Cc2ccc(OCC(=O)O)cc2)cc1. The quantitative estimate of drug-likeness (QED) is 0.645. The second-order valence-electron chi connectivity index (χ2n) is 4.10. The van der Waals surface area contributed by atoms with E-state index in [0.717, 1.165) is 11.3 Å². The zero-order chi connectivity index (χ0) is 14.4. The van der Waals surface area contributed by atoms with Gasteiger partial charge in [0.05, 0.1) is 5.69 Å². The topological polar surface area (TPSA) is 84.9 Å². The lowest BCUT2D eigenvalue weighted by molar-refractivity contribution is -0.139. The summed E-state index contributed by atoms with van der Waals surface area (Å²) in [4.78, 5) is 14.7. The second-order valence-corrected chi connectivity index (χ2v) is 4.10. The van der Waals surface area contributed by atoms with Crippen LogP contribution in [0.2, 0.25) is 0 Å². The lowest BCUT2D eigenvalue weighted by atomic mass is 10.2. The van der Waals surface area contributed by atoms with E-state index >= 15 is 0 Å². The van der Waals surface area contributed by atoms with Crippen molar-refractivity contribution in [1.82, 2.24) is 0 Å². The molecule has 0 aromatic heterocycles. The van der Waals surface area contributed by atoms with Crippen molar-refractivity contribution in [3.05, 3.63) is 54.1 Å². The fraction of sp³-hybridized carbons (Fsp3) is 0.0667. The van der Waals surface area contributed by atoms with E-state index in [9.17, 15) is 4.79 Å². The number of nitrogens with two attached hydrogens (primary N) is 1. The molecule has 0 aliphatic carbocycles. The molecule has 0 saturated heterocycles. The molecule has 0 spiro atoms. The number of anilines is 1. The van der Waals surface area contributed by atoms with Crippen molar-refractivity contribution in [2.24, 2.45) is 4.99 Å². The predicted molar refractivity (Wildman–Crippen MR) is 77.7 cm³/mol. The van der Waals surface area contributed by atoms with Gasteiger partial charge < -0.3 is 15.6 Å². The van der Waals surface area contributed by atoms with Gasteiger partial charge in [-0.05, 0) is 54.1 Å². The van der Waals surface area contributed by atoms with Gasteiger partial charge in [0, 0.05) is 11.9 Å². The van der Waals surface area contributed by atoms with E-state index in [1.807, 2.05) is 12.1 Å². The Bertz CT molecular complexity index is 604. The van der Waals surface area contributed by atoms with E-state index < -0.39 is 5.97 Å². The van der Waals surface area contributed by atoms with Crippen LogP contribution in [0.1, 0.15) is 5.56 Å². The molecule has 0 amide bonds. The largest absolute Gasteiger partial charge is 0.482 e. The molecule has 0 unspecified atom stereocenters. The maximum absolute atomic E-state index is 10.4. The molecule has 0 radical (unpaired) electrons. The summed E-state index contributed by atoms with van der Waals surface area (Å²) in [7, 11) is 0. The highest BCUT2D eigenvalue weighted by atomic mass is 16.5. The van der Waals surface area contributed by atoms with Crippen LogP contribution in [0.3, 0.4) is 0 Å². The first-order valence-corrected chi connectivity index (χ1v) is 5.98. The van der Waals surface area contributed by atoms with Crippen molar-refractivity contribution < 1.29 is 14.6 Å². The van der Waals surface area contributed by atoms with Gasteiger partial charge in [0.1, 0.15) is 5.75 Å². The van der Waals surface area contributed by atoms with E-state index in [1.54, 1.807) is 42.6 Å². The average Bonchev–Trinajstić information content (AvgIpc) is 2.45. The molecular weight excluding hydrogens is 256 g/mol. The summed E-state index contributed by atoms with van der Waals surface area (Å²) in [6.45, 7) is -0.348. The van der Waals surface area contributed by atoms with Gasteiger partial charge in [-0.25, -0.2) is 4.79 Å². The highest BCUT2D eigenvalue weighted by Gasteiger charge is 1.98. The molecule has 0 atom stereocenters. The number of aliphatic carboxylic acids is 1. The second kappa shape index (κ2) is 6.38. The summed E-state index contributed by atoms with van der Waals surface area (Å²) in [5.41, 5.74) is 7.99. The minimum atomic E-state index is -1.00. The van der Waals surface area contributed by atoms with Gasteiger partial charge in [-0.3, -0.25) is 4.99 Å². The normalized spacial score (nSPS) is 10.6. The zero-order valence-electron chi connectivity index (χ0n) is 10.7. The first-order chi connectivity index (χ1) is 9.63. The molecule has 2 rings (SSSR count). The highest BCUT2D eigenvalue weighted by Crippen LogP contribution is 2.15. The molecule has 0 heterocycles. The van der Waals surface area contributed by atoms with Crippen LogP contribution in [0.15, 0.2) is 53.5 Å². The van der Waals surface area contributed by atoms with Gasteiger partial charge in [0.15, 0.2) is 6.61 Å². The lowest BCUT2D eigenvalue weighted by Gasteiger charge is -2.02. The van der Waals surface area contributed by atoms with Crippen molar-refractivity contribution in [1.29, 1.82) is 0 Å². The monoisotopic (exact) mass is 270 g/mol. The molecule has 0 fully saturated rings. The van der Waals surface area contributed by atoms with Crippen LogP contribution < -0.4 is 10.5 Å². The molecule has 0 bridgehead atoms. The van der Waals surface area contributed by atoms with Crippen LogP contribution in [0.4, 0.5) is 11.4 Å². The third-order valence-electron chi connectivity index (χ3n) is 2.50. The number of hydrogen-bond donors (Lipinski definition) is 2. The Kier molecular flexibility index (Phi) is 4.34. The van der Waals surface area contributed by atoms with Crippen LogP contribution in [0, 0.1) is 0 Å². The van der Waals surface area contributed by atoms with Crippen LogP contribution in [-0.4, -0.2) is 23.9 Å². The maximum Gasteiger partial charge on any atom is 0.341 e. The van der Waals surface area contributed by atoms with Gasteiger partial charge in [-0.1, -0.05) is 0 Å². The van der Waals surface area contributed by atoms with E-state index in [0.29, 0.717) is 11.4 Å². The van der Waals surface area contributed by atoms with Gasteiger partial charge in [-0.15, -0.1) is 0 Å². The minimum Gasteiger partial charge on any atom is -0.482 e. The molecular formula is C15H14N2O3. The summed E-state index contributed by atoms with van der Waals surface area (Å²) in [5, 5.41) is 8.50. The van der Waals surface area contributed by atoms with Gasteiger partial charge in [0.25, 0.3) is 0 Å². The molecule has 102 valence electrons. The Labute approximate surface area is 116 Å². The predicted octanol–water partition coefficient (Wildman–Crippen LogP) is 2.48. The summed E-state index contributed by atoms with van der Waals surface area (Å²) in [5.74, 6) is -0.490. The van der Waals surface area contributed by atoms with Crippen molar-refractivity contribution in [2.75, 3.05) is 12.3 Å². The summed E-state index contributed by atoms with van der Waals surface area (Å²) >= 11 is 0. The smallest absolute Gasteiger partial charge is 0.341 e. The van der Waals surface area contributed by atoms with Crippen molar-refractivity contribution >= 4 is 23.6 Å². The van der Waals surface area contributed by atoms with E-state index in [2.05, 4.69) is 4.99 Å². The minimum absolute atomic E-state index is 0.348. The summed E-state index contributed by atoms with van der Waals surface area (Å²) in [6.07, 6.45) is 1.71. The standard InChI is InChI=1S/C15H14N2O3/c16-12-3-5-13(6-4-12)17-9-11-1-7-14(8-2-11)20-10-15(18)19/h1-9H,10,16H2,(H,18,19). The average molecular weight is 270 g/mol. The number of nitrogen functional groups attached to an aromatic ring is 1. The van der Waals surface area contributed by atoms with E-state index in [-0.39, 0.29) is 6.61 Å². The number of rotatable bonds is 5. The van der Waals surface area contributed by atoms with Gasteiger partial charge >= 0.3 is 5.97 Å². The number of carboxylic acid groups (broad SMARTS) is 1. The summed E-state index contributed by atoms with van der Waals surface area (Å²) < 4.78 is 5.04. The van der Waals surface area contributed by atoms with E-state index in [4.69, 9.17) is 15.6 Å². The van der Waals surface area contributed by atoms with Crippen molar-refractivity contribution in [2.45, 2.75) is 0 Å². The first kappa shape index (κ1) is 13.6. The molecule has 20 heavy (non-hydrogen) atoms. The maximum atomic E-state index is 10.4. The number of nitrogens with zero attached hydrogens (tertiary/aromatic N) is 1. The molecule has 5 nitrogen and oxygen atoms in total. The fourth-order valence-corrected chi connectivity index (χ4v) is 1.50. The number of aliphatic imine (C=N–C) groups is 1. The number of carboxylic acids is 1. The summed E-state index contributed by atoms with van der Waals surface area (Å²) in [6, 6.07) is 14.2. The Hall–Kier alpha value is -2.82. The van der Waals surface area contributed by atoms with Crippen LogP contribution >= 0.6 is 0 Å². The zero-order valence-corrected chi connectivity index (χ0v) is 10.7. The first-order valence-electron chi connectivity index (χ1n) is 5.98. The highest BCUT2D eigenvalue weighted by molar-refractivity contribution is 5.82. The van der Waals surface area contributed by atoms with Crippen molar-refractivity contribution in [3.63, 3.8) is 0 Å². The van der Waals surface area contributed by atoms with Crippen LogP contribution in [0.5, 0.6) is 5.75 Å². The Morgan fingerprint density at radius 1 is 1.15 bits per heavy atom. The third kappa shape index (κ3) is 4.13. The molecule has 0 aliphatic heterocycles. The fourth-order valence-electron chi connectivity index (χ4n) is 1.50. The van der Waals surface area contributed by atoms with Crippen LogP contribution in [-0.2, 0) is 4.79 Å². The number of hydrogen-bond acceptors (Lipinski definition) is 4. The Morgan fingerprint density at radius 3 is 2.40 bits per heavy atom. The van der Waals surface area contributed by atoms with E-state index in [1.165, 1.54) is 0 Å². The van der Waals surface area contributed by atoms with Crippen LogP contribution in [0.25, 0.3) is 0 Å². The number of benzene rings is 2. The molecule has 0 aliphatic rings. The van der Waals surface area contributed by atoms with Gasteiger partial charge in [0.2, 0.25) is 0 Å². The molecule has 0 saturated carbocycles. The molecule has 3 N–H and O–H groups in total. The van der Waals surface area contributed by atoms with Gasteiger partial charge in [-0.2, -0.15) is 0 Å². The third-order valence-corrected chi connectivity index (χ3v) is 2.50. The number of carbonyl (C=O) groups is 1. The molecule has 2 aromatic rings. The molecule has 2 aromatic carbocycles. The Morgan fingerprint density at radius 2 is 1.80 bits per heavy atom.